The first kappa shape index (κ1) is 48.6. The van der Waals surface area contributed by atoms with Crippen molar-refractivity contribution in [2.75, 3.05) is 9.80 Å². The standard InChI is InChI=1S/C62H65N4O.Pt/c1-58(2,3)44-28-22-29-46(36-44)64-41-65(57(62(12,13)43-26-18-15-19-27-43)56(64)61(10,11)42-24-16-14-17-25-42)47-30-23-31-48(38-47)67-49-39-51(60(7,8)9)55-50-32-20-21-33-52(50)66(53(55)40-49)54-37-45(34-35-63-54)59(4,5)6;/h14-37,39,41H,1-13H3;/q-3;. The molecule has 352 valence electrons. The van der Waals surface area contributed by atoms with Crippen molar-refractivity contribution >= 4 is 33.2 Å². The van der Waals surface area contributed by atoms with E-state index < -0.39 is 10.8 Å². The van der Waals surface area contributed by atoms with Gasteiger partial charge in [-0.2, -0.15) is 6.07 Å². The summed E-state index contributed by atoms with van der Waals surface area (Å²) in [6, 6.07) is 59.7. The van der Waals surface area contributed by atoms with Crippen LogP contribution in [0.4, 0.5) is 11.4 Å². The largest absolute Gasteiger partial charge is 0.509 e. The van der Waals surface area contributed by atoms with E-state index in [0.29, 0.717) is 11.5 Å². The number of nitrogens with zero attached hydrogens (tertiary/aromatic N) is 4. The number of ether oxygens (including phenoxy) is 1. The second kappa shape index (κ2) is 17.9. The number of anilines is 2. The molecule has 0 atom stereocenters. The maximum absolute atomic E-state index is 7.01. The van der Waals surface area contributed by atoms with Gasteiger partial charge in [0.25, 0.3) is 0 Å². The van der Waals surface area contributed by atoms with Crippen LogP contribution in [-0.4, -0.2) is 9.55 Å². The van der Waals surface area contributed by atoms with E-state index in [2.05, 4.69) is 263 Å². The average molecular weight is 1080 g/mol. The van der Waals surface area contributed by atoms with Crippen LogP contribution < -0.4 is 14.5 Å². The molecule has 0 N–H and O–H groups in total. The Morgan fingerprint density at radius 1 is 0.500 bits per heavy atom. The van der Waals surface area contributed by atoms with Crippen LogP contribution in [0, 0.1) is 18.8 Å². The van der Waals surface area contributed by atoms with Crippen LogP contribution in [0.15, 0.2) is 163 Å². The summed E-state index contributed by atoms with van der Waals surface area (Å²) in [4.78, 5) is 9.74. The topological polar surface area (TPSA) is 33.5 Å². The number of hydrogen-bond acceptors (Lipinski definition) is 4. The van der Waals surface area contributed by atoms with Gasteiger partial charge in [0.15, 0.2) is 0 Å². The molecule has 1 aliphatic rings. The van der Waals surface area contributed by atoms with Gasteiger partial charge in [0.1, 0.15) is 5.82 Å². The summed E-state index contributed by atoms with van der Waals surface area (Å²) < 4.78 is 9.26. The molecule has 5 nitrogen and oxygen atoms in total. The van der Waals surface area contributed by atoms with Crippen molar-refractivity contribution in [1.29, 1.82) is 0 Å². The molecule has 0 amide bonds. The molecule has 0 bridgehead atoms. The zero-order valence-corrected chi connectivity index (χ0v) is 44.3. The van der Waals surface area contributed by atoms with E-state index >= 15 is 0 Å². The van der Waals surface area contributed by atoms with E-state index in [4.69, 9.17) is 9.72 Å². The van der Waals surface area contributed by atoms with Crippen LogP contribution in [0.25, 0.3) is 27.6 Å². The first-order chi connectivity index (χ1) is 31.6. The molecule has 0 saturated heterocycles. The molecular formula is C62H65N4OPt-3. The fourth-order valence-electron chi connectivity index (χ4n) is 9.77. The fourth-order valence-corrected chi connectivity index (χ4v) is 9.77. The third kappa shape index (κ3) is 8.96. The Balaban J connectivity index is 0.00000625. The molecule has 0 spiro atoms. The average Bonchev–Trinajstić information content (AvgIpc) is 3.87. The van der Waals surface area contributed by atoms with E-state index in [1.165, 1.54) is 44.6 Å². The monoisotopic (exact) mass is 1080 g/mol. The smallest absolute Gasteiger partial charge is 0.135 e. The molecular weight excluding hydrogens is 1010 g/mol. The first-order valence-electron chi connectivity index (χ1n) is 23.7. The number of pyridine rings is 1. The van der Waals surface area contributed by atoms with Crippen LogP contribution >= 0.6 is 0 Å². The number of fused-ring (bicyclic) bond motifs is 3. The summed E-state index contributed by atoms with van der Waals surface area (Å²) in [6.07, 6.45) is 1.92. The van der Waals surface area contributed by atoms with Gasteiger partial charge in [0.2, 0.25) is 0 Å². The van der Waals surface area contributed by atoms with Crippen molar-refractivity contribution in [3.63, 3.8) is 0 Å². The normalized spacial score (nSPS) is 14.0. The van der Waals surface area contributed by atoms with E-state index in [0.717, 1.165) is 33.6 Å². The molecule has 0 radical (unpaired) electrons. The number of allylic oxidation sites excluding steroid dienone is 2. The Labute approximate surface area is 420 Å². The van der Waals surface area contributed by atoms with Crippen LogP contribution in [0.2, 0.25) is 0 Å². The van der Waals surface area contributed by atoms with Gasteiger partial charge in [-0.1, -0.05) is 192 Å². The fraction of sp³-hybridized carbons (Fsp3) is 0.290. The second-order valence-electron chi connectivity index (χ2n) is 22.4. The summed E-state index contributed by atoms with van der Waals surface area (Å²) in [5.41, 5.74) is 11.3. The molecule has 0 saturated carbocycles. The molecule has 1 aliphatic heterocycles. The Hall–Kier alpha value is -5.90. The predicted molar refractivity (Wildman–Crippen MR) is 281 cm³/mol. The van der Waals surface area contributed by atoms with Gasteiger partial charge < -0.3 is 19.1 Å². The van der Waals surface area contributed by atoms with Crippen molar-refractivity contribution in [3.05, 3.63) is 210 Å². The summed E-state index contributed by atoms with van der Waals surface area (Å²) in [6.45, 7) is 32.0. The van der Waals surface area contributed by atoms with Gasteiger partial charge in [-0.05, 0) is 74.2 Å². The first-order valence-corrected chi connectivity index (χ1v) is 23.7. The van der Waals surface area contributed by atoms with Crippen LogP contribution in [0.1, 0.15) is 118 Å². The summed E-state index contributed by atoms with van der Waals surface area (Å²) >= 11 is 0. The zero-order chi connectivity index (χ0) is 47.7. The molecule has 0 unspecified atom stereocenters. The Morgan fingerprint density at radius 2 is 1.06 bits per heavy atom. The van der Waals surface area contributed by atoms with Crippen LogP contribution in [-0.2, 0) is 48.1 Å². The summed E-state index contributed by atoms with van der Waals surface area (Å²) in [5.74, 6) is 2.09. The minimum Gasteiger partial charge on any atom is -0.509 e. The summed E-state index contributed by atoms with van der Waals surface area (Å²) in [5, 5.41) is 2.32. The van der Waals surface area contributed by atoms with Gasteiger partial charge in [0.05, 0.1) is 0 Å². The van der Waals surface area contributed by atoms with Gasteiger partial charge in [-0.3, -0.25) is 0 Å². The predicted octanol–water partition coefficient (Wildman–Crippen LogP) is 16.1. The molecule has 0 aliphatic carbocycles. The Morgan fingerprint density at radius 3 is 1.68 bits per heavy atom. The molecule has 8 aromatic rings. The molecule has 2 aromatic heterocycles. The number of rotatable bonds is 9. The van der Waals surface area contributed by atoms with Crippen molar-refractivity contribution in [2.24, 2.45) is 0 Å². The molecule has 3 heterocycles. The number of para-hydroxylation sites is 1. The quantitative estimate of drug-likeness (QED) is 0.135. The van der Waals surface area contributed by atoms with E-state index in [1.807, 2.05) is 12.3 Å². The minimum atomic E-state index is -0.452. The summed E-state index contributed by atoms with van der Waals surface area (Å²) in [7, 11) is 0. The number of benzene rings is 6. The van der Waals surface area contributed by atoms with E-state index in [9.17, 15) is 0 Å². The van der Waals surface area contributed by atoms with Gasteiger partial charge in [-0.15, -0.1) is 48.3 Å². The molecule has 68 heavy (non-hydrogen) atoms. The maximum atomic E-state index is 7.01. The second-order valence-corrected chi connectivity index (χ2v) is 22.4. The third-order valence-corrected chi connectivity index (χ3v) is 13.6. The third-order valence-electron chi connectivity index (χ3n) is 13.6. The van der Waals surface area contributed by atoms with Gasteiger partial charge in [-0.25, -0.2) is 4.98 Å². The van der Waals surface area contributed by atoms with Crippen LogP contribution in [0.3, 0.4) is 0 Å². The van der Waals surface area contributed by atoms with Gasteiger partial charge >= 0.3 is 0 Å². The Bertz CT molecular complexity index is 3140. The van der Waals surface area contributed by atoms with Crippen LogP contribution in [0.5, 0.6) is 11.5 Å². The van der Waals surface area contributed by atoms with E-state index in [1.54, 1.807) is 0 Å². The number of hydrogen-bond donors (Lipinski definition) is 0. The Kier molecular flexibility index (Phi) is 12.8. The molecule has 6 aromatic carbocycles. The van der Waals surface area contributed by atoms with Gasteiger partial charge in [0, 0.05) is 72.2 Å². The zero-order valence-electron chi connectivity index (χ0n) is 42.0. The van der Waals surface area contributed by atoms with Crippen molar-refractivity contribution in [2.45, 2.75) is 117 Å². The van der Waals surface area contributed by atoms with Crippen molar-refractivity contribution < 1.29 is 25.8 Å². The van der Waals surface area contributed by atoms with E-state index in [-0.39, 0.29) is 37.3 Å². The molecule has 6 heteroatoms. The maximum Gasteiger partial charge on any atom is 0.135 e. The SMILES string of the molecule is CC(C)(C)c1cccc(N2[CH-]N(c3[c-]c(Oc4[c-]c5c(c(C(C)(C)C)c4)c4ccccc4n5-c4cc(C(C)(C)C)ccn4)ccc3)C(C(C)(C)c3ccccc3)=C2C(C)(C)c2ccccc2)c1.[Pt]. The molecule has 9 rings (SSSR count). The number of aromatic nitrogens is 2. The minimum absolute atomic E-state index is 0. The van der Waals surface area contributed by atoms with Crippen molar-refractivity contribution in [1.82, 2.24) is 9.55 Å². The molecule has 0 fully saturated rings. The van der Waals surface area contributed by atoms with Crippen molar-refractivity contribution in [3.8, 4) is 17.3 Å².